The van der Waals surface area contributed by atoms with E-state index in [1.807, 2.05) is 6.92 Å². The Balaban J connectivity index is 2.53. The topological polar surface area (TPSA) is 20.2 Å². The van der Waals surface area contributed by atoms with Gasteiger partial charge >= 0.3 is 0 Å². The number of benzene rings is 1. The minimum absolute atomic E-state index is 0.513. The van der Waals surface area contributed by atoms with Crippen LogP contribution in [0, 0.1) is 13.8 Å². The molecule has 1 aliphatic rings. The van der Waals surface area contributed by atoms with E-state index < -0.39 is 5.60 Å². The van der Waals surface area contributed by atoms with Gasteiger partial charge in [0.05, 0.1) is 5.60 Å². The van der Waals surface area contributed by atoms with Crippen LogP contribution in [-0.2, 0) is 12.8 Å². The zero-order valence-electron chi connectivity index (χ0n) is 8.52. The lowest BCUT2D eigenvalue weighted by Gasteiger charge is -2.14. The van der Waals surface area contributed by atoms with Crippen molar-refractivity contribution in [1.82, 2.24) is 0 Å². The fourth-order valence-electron chi connectivity index (χ4n) is 2.20. The Morgan fingerprint density at radius 2 is 1.92 bits per heavy atom. The summed E-state index contributed by atoms with van der Waals surface area (Å²) in [6.45, 7) is 6.19. The summed E-state index contributed by atoms with van der Waals surface area (Å²) in [5.74, 6) is 0. The van der Waals surface area contributed by atoms with Crippen molar-refractivity contribution in [2.24, 2.45) is 0 Å². The second-order valence-corrected chi connectivity index (χ2v) is 4.50. The molecule has 0 bridgehead atoms. The molecule has 0 saturated carbocycles. The van der Waals surface area contributed by atoms with Crippen molar-refractivity contribution in [3.8, 4) is 0 Å². The summed E-state index contributed by atoms with van der Waals surface area (Å²) >= 11 is 0. The predicted molar refractivity (Wildman–Crippen MR) is 53.9 cm³/mol. The van der Waals surface area contributed by atoms with Gasteiger partial charge in [-0.3, -0.25) is 0 Å². The zero-order valence-corrected chi connectivity index (χ0v) is 8.52. The highest BCUT2D eigenvalue weighted by Gasteiger charge is 2.31. The molecule has 1 aliphatic carbocycles. The number of fused-ring (bicyclic) bond motifs is 1. The number of aliphatic hydroxyl groups is 1. The largest absolute Gasteiger partial charge is 0.389 e. The number of aryl methyl sites for hydroxylation is 1. The molecule has 0 radical (unpaired) electrons. The zero-order chi connectivity index (χ0) is 9.64. The Hall–Kier alpha value is -0.820. The molecule has 1 heteroatoms. The molecule has 0 spiro atoms. The lowest BCUT2D eigenvalue weighted by atomic mass is 9.99. The van der Waals surface area contributed by atoms with E-state index in [1.165, 1.54) is 22.3 Å². The lowest BCUT2D eigenvalue weighted by molar-refractivity contribution is 0.0718. The summed E-state index contributed by atoms with van der Waals surface area (Å²) in [4.78, 5) is 0. The van der Waals surface area contributed by atoms with E-state index in [1.54, 1.807) is 0 Å². The van der Waals surface area contributed by atoms with Crippen molar-refractivity contribution < 1.29 is 5.11 Å². The maximum Gasteiger partial charge on any atom is 0.0700 e. The van der Waals surface area contributed by atoms with Gasteiger partial charge in [-0.05, 0) is 43.0 Å². The quantitative estimate of drug-likeness (QED) is 0.642. The van der Waals surface area contributed by atoms with Gasteiger partial charge < -0.3 is 5.11 Å². The lowest BCUT2D eigenvalue weighted by Crippen LogP contribution is -2.23. The van der Waals surface area contributed by atoms with Gasteiger partial charge in [-0.15, -0.1) is 0 Å². The van der Waals surface area contributed by atoms with Crippen LogP contribution in [0.25, 0.3) is 0 Å². The fourth-order valence-corrected chi connectivity index (χ4v) is 2.20. The molecule has 1 aromatic rings. The first kappa shape index (κ1) is 8.76. The van der Waals surface area contributed by atoms with Crippen LogP contribution in [0.1, 0.15) is 29.2 Å². The molecule has 1 atom stereocenters. The summed E-state index contributed by atoms with van der Waals surface area (Å²) in [5.41, 5.74) is 4.87. The van der Waals surface area contributed by atoms with E-state index in [0.29, 0.717) is 0 Å². The normalized spacial score (nSPS) is 26.2. The number of hydrogen-bond acceptors (Lipinski definition) is 1. The molecule has 1 unspecified atom stereocenters. The molecule has 1 aromatic carbocycles. The first-order valence-electron chi connectivity index (χ1n) is 4.80. The van der Waals surface area contributed by atoms with Gasteiger partial charge in [0.2, 0.25) is 0 Å². The molecule has 13 heavy (non-hydrogen) atoms. The van der Waals surface area contributed by atoms with Crippen molar-refractivity contribution in [3.63, 3.8) is 0 Å². The Bertz CT molecular complexity index is 350. The van der Waals surface area contributed by atoms with Gasteiger partial charge in [-0.1, -0.05) is 12.1 Å². The third-order valence-corrected chi connectivity index (χ3v) is 3.10. The fraction of sp³-hybridized carbons (Fsp3) is 0.500. The van der Waals surface area contributed by atoms with Crippen LogP contribution in [0.2, 0.25) is 0 Å². The van der Waals surface area contributed by atoms with Gasteiger partial charge in [-0.2, -0.15) is 0 Å². The maximum absolute atomic E-state index is 9.93. The van der Waals surface area contributed by atoms with Crippen LogP contribution >= 0.6 is 0 Å². The van der Waals surface area contributed by atoms with Crippen LogP contribution in [0.15, 0.2) is 12.1 Å². The van der Waals surface area contributed by atoms with Crippen molar-refractivity contribution >= 4 is 0 Å². The van der Waals surface area contributed by atoms with E-state index in [-0.39, 0.29) is 0 Å². The Labute approximate surface area is 79.4 Å². The van der Waals surface area contributed by atoms with Crippen LogP contribution < -0.4 is 0 Å². The van der Waals surface area contributed by atoms with Gasteiger partial charge in [0.1, 0.15) is 0 Å². The SMILES string of the molecule is Cc1ccc2c(c1C)CC(C)(O)C2. The highest BCUT2D eigenvalue weighted by molar-refractivity contribution is 5.44. The number of rotatable bonds is 0. The predicted octanol–water partition coefficient (Wildman–Crippen LogP) is 2.15. The van der Waals surface area contributed by atoms with Crippen molar-refractivity contribution in [2.75, 3.05) is 0 Å². The molecule has 2 rings (SSSR count). The Morgan fingerprint density at radius 1 is 1.23 bits per heavy atom. The van der Waals surface area contributed by atoms with Gasteiger partial charge in [0, 0.05) is 12.8 Å². The molecule has 0 heterocycles. The summed E-state index contributed by atoms with van der Waals surface area (Å²) in [5, 5.41) is 9.93. The second kappa shape index (κ2) is 2.58. The summed E-state index contributed by atoms with van der Waals surface area (Å²) in [6, 6.07) is 4.30. The highest BCUT2D eigenvalue weighted by Crippen LogP contribution is 2.32. The molecule has 70 valence electrons. The smallest absolute Gasteiger partial charge is 0.0700 e. The first-order valence-corrected chi connectivity index (χ1v) is 4.80. The van der Waals surface area contributed by atoms with E-state index in [0.717, 1.165) is 12.8 Å². The van der Waals surface area contributed by atoms with Gasteiger partial charge in [-0.25, -0.2) is 0 Å². The van der Waals surface area contributed by atoms with Gasteiger partial charge in [0.15, 0.2) is 0 Å². The molecule has 0 fully saturated rings. The molecular formula is C12H16O. The van der Waals surface area contributed by atoms with E-state index in [2.05, 4.69) is 26.0 Å². The monoisotopic (exact) mass is 176 g/mol. The molecule has 0 aliphatic heterocycles. The van der Waals surface area contributed by atoms with Crippen LogP contribution in [0.4, 0.5) is 0 Å². The third kappa shape index (κ3) is 1.37. The Morgan fingerprint density at radius 3 is 2.62 bits per heavy atom. The molecule has 0 amide bonds. The molecule has 1 N–H and O–H groups in total. The second-order valence-electron chi connectivity index (χ2n) is 4.50. The van der Waals surface area contributed by atoms with Crippen molar-refractivity contribution in [3.05, 3.63) is 34.4 Å². The molecule has 0 aromatic heterocycles. The Kier molecular flexibility index (Phi) is 1.74. The highest BCUT2D eigenvalue weighted by atomic mass is 16.3. The average molecular weight is 176 g/mol. The molecule has 0 saturated heterocycles. The summed E-state index contributed by atoms with van der Waals surface area (Å²) in [7, 11) is 0. The van der Waals surface area contributed by atoms with Crippen LogP contribution in [0.5, 0.6) is 0 Å². The molecule has 1 nitrogen and oxygen atoms in total. The average Bonchev–Trinajstić information content (AvgIpc) is 2.34. The minimum Gasteiger partial charge on any atom is -0.389 e. The van der Waals surface area contributed by atoms with Crippen molar-refractivity contribution in [2.45, 2.75) is 39.2 Å². The minimum atomic E-state index is -0.513. The summed E-state index contributed by atoms with van der Waals surface area (Å²) in [6.07, 6.45) is 1.62. The molecular weight excluding hydrogens is 160 g/mol. The first-order chi connectivity index (χ1) is 5.99. The van der Waals surface area contributed by atoms with E-state index in [9.17, 15) is 5.11 Å². The summed E-state index contributed by atoms with van der Waals surface area (Å²) < 4.78 is 0. The standard InChI is InChI=1S/C12H16O/c1-8-4-5-10-6-12(3,13)7-11(10)9(8)2/h4-5,13H,6-7H2,1-3H3. The van der Waals surface area contributed by atoms with Gasteiger partial charge in [0.25, 0.3) is 0 Å². The van der Waals surface area contributed by atoms with Crippen LogP contribution in [-0.4, -0.2) is 10.7 Å². The van der Waals surface area contributed by atoms with E-state index in [4.69, 9.17) is 0 Å². The van der Waals surface area contributed by atoms with E-state index >= 15 is 0 Å². The number of hydrogen-bond donors (Lipinski definition) is 1. The van der Waals surface area contributed by atoms with Crippen molar-refractivity contribution in [1.29, 1.82) is 0 Å². The van der Waals surface area contributed by atoms with Crippen LogP contribution in [0.3, 0.4) is 0 Å². The third-order valence-electron chi connectivity index (χ3n) is 3.10. The maximum atomic E-state index is 9.93.